The fourth-order valence-corrected chi connectivity index (χ4v) is 3.48. The van der Waals surface area contributed by atoms with Crippen LogP contribution in [0.2, 0.25) is 0 Å². The molecule has 2 aromatic heterocycles. The maximum absolute atomic E-state index is 12.7. The lowest BCUT2D eigenvalue weighted by atomic mass is 9.93. The lowest BCUT2D eigenvalue weighted by Crippen LogP contribution is -2.38. The molecule has 1 aliphatic rings. The molecule has 0 unspecified atom stereocenters. The second-order valence-electron chi connectivity index (χ2n) is 7.20. The van der Waals surface area contributed by atoms with Gasteiger partial charge in [-0.25, -0.2) is 9.97 Å². The molecule has 2 N–H and O–H groups in total. The van der Waals surface area contributed by atoms with Gasteiger partial charge >= 0.3 is 0 Å². The average molecular weight is 389 g/mol. The second-order valence-corrected chi connectivity index (χ2v) is 7.20. The number of amides is 1. The Morgan fingerprint density at radius 1 is 1.03 bits per heavy atom. The van der Waals surface area contributed by atoms with Gasteiger partial charge in [-0.15, -0.1) is 0 Å². The fraction of sp³-hybridized carbons (Fsp3) is 0.273. The summed E-state index contributed by atoms with van der Waals surface area (Å²) < 4.78 is 6.00. The Balaban J connectivity index is 1.44. The van der Waals surface area contributed by atoms with Crippen molar-refractivity contribution in [1.82, 2.24) is 19.9 Å². The van der Waals surface area contributed by atoms with Crippen molar-refractivity contribution in [3.8, 4) is 11.6 Å². The highest BCUT2D eigenvalue weighted by Gasteiger charge is 2.28. The summed E-state index contributed by atoms with van der Waals surface area (Å²) in [6.07, 6.45) is 6.46. The minimum atomic E-state index is -0.0220. The van der Waals surface area contributed by atoms with Crippen LogP contribution in [0.1, 0.15) is 40.4 Å². The summed E-state index contributed by atoms with van der Waals surface area (Å²) in [6, 6.07) is 11.2. The van der Waals surface area contributed by atoms with E-state index in [0.717, 1.165) is 24.3 Å². The quantitative estimate of drug-likeness (QED) is 0.733. The van der Waals surface area contributed by atoms with Gasteiger partial charge in [-0.05, 0) is 44.0 Å². The third kappa shape index (κ3) is 4.34. The van der Waals surface area contributed by atoms with Gasteiger partial charge in [0.15, 0.2) is 0 Å². The number of nitrogen functional groups attached to an aromatic ring is 1. The highest BCUT2D eigenvalue weighted by molar-refractivity contribution is 5.94. The Morgan fingerprint density at radius 3 is 2.45 bits per heavy atom. The molecule has 29 heavy (non-hydrogen) atoms. The van der Waals surface area contributed by atoms with Gasteiger partial charge in [-0.3, -0.25) is 9.78 Å². The largest absolute Gasteiger partial charge is 0.437 e. The van der Waals surface area contributed by atoms with Gasteiger partial charge in [0.25, 0.3) is 5.91 Å². The maximum atomic E-state index is 12.7. The van der Waals surface area contributed by atoms with E-state index in [-0.39, 0.29) is 11.8 Å². The molecule has 1 aromatic carbocycles. The summed E-state index contributed by atoms with van der Waals surface area (Å²) in [4.78, 5) is 27.5. The van der Waals surface area contributed by atoms with Crippen LogP contribution in [-0.2, 0) is 0 Å². The van der Waals surface area contributed by atoms with Gasteiger partial charge in [0.1, 0.15) is 17.3 Å². The highest BCUT2D eigenvalue weighted by Crippen LogP contribution is 2.33. The Kier molecular flexibility index (Phi) is 5.37. The molecule has 0 saturated carbocycles. The number of hydrogen-bond acceptors (Lipinski definition) is 6. The molecule has 0 bridgehead atoms. The number of anilines is 1. The molecule has 1 saturated heterocycles. The molecule has 0 aliphatic carbocycles. The first-order valence-corrected chi connectivity index (χ1v) is 9.66. The summed E-state index contributed by atoms with van der Waals surface area (Å²) in [7, 11) is 0. The molecule has 7 nitrogen and oxygen atoms in total. The fourth-order valence-electron chi connectivity index (χ4n) is 3.48. The monoisotopic (exact) mass is 389 g/mol. The van der Waals surface area contributed by atoms with Crippen molar-refractivity contribution < 1.29 is 9.53 Å². The van der Waals surface area contributed by atoms with Crippen LogP contribution in [0.15, 0.2) is 55.0 Å². The Hall–Kier alpha value is -3.48. The average Bonchev–Trinajstić information content (AvgIpc) is 2.76. The zero-order valence-electron chi connectivity index (χ0n) is 16.3. The Morgan fingerprint density at radius 2 is 1.76 bits per heavy atom. The zero-order valence-corrected chi connectivity index (χ0v) is 16.3. The molecule has 148 valence electrons. The number of hydrogen-bond donors (Lipinski definition) is 1. The second kappa shape index (κ2) is 8.26. The van der Waals surface area contributed by atoms with Crippen LogP contribution in [-0.4, -0.2) is 38.8 Å². The number of piperidine rings is 1. The van der Waals surface area contributed by atoms with Crippen LogP contribution in [0.3, 0.4) is 0 Å². The number of carbonyl (C=O) groups excluding carboxylic acids is 1. The minimum absolute atomic E-state index is 0.0220. The van der Waals surface area contributed by atoms with E-state index in [1.165, 1.54) is 11.8 Å². The van der Waals surface area contributed by atoms with E-state index >= 15 is 0 Å². The number of rotatable bonds is 4. The van der Waals surface area contributed by atoms with Gasteiger partial charge < -0.3 is 15.4 Å². The third-order valence-electron chi connectivity index (χ3n) is 5.13. The van der Waals surface area contributed by atoms with Gasteiger partial charge in [-0.1, -0.05) is 17.7 Å². The molecule has 1 fully saturated rings. The van der Waals surface area contributed by atoms with E-state index in [2.05, 4.69) is 15.0 Å². The number of likely N-dealkylation sites (tertiary alicyclic amines) is 1. The first-order valence-electron chi connectivity index (χ1n) is 9.66. The van der Waals surface area contributed by atoms with Crippen LogP contribution in [0.4, 0.5) is 5.82 Å². The number of nitrogens with zero attached hydrogens (tertiary/aromatic N) is 4. The van der Waals surface area contributed by atoms with E-state index in [1.807, 2.05) is 36.1 Å². The predicted molar refractivity (Wildman–Crippen MR) is 110 cm³/mol. The van der Waals surface area contributed by atoms with Crippen LogP contribution in [0, 0.1) is 6.92 Å². The van der Waals surface area contributed by atoms with E-state index in [9.17, 15) is 4.79 Å². The minimum Gasteiger partial charge on any atom is -0.437 e. The zero-order chi connectivity index (χ0) is 20.2. The van der Waals surface area contributed by atoms with Crippen molar-refractivity contribution >= 4 is 11.7 Å². The summed E-state index contributed by atoms with van der Waals surface area (Å²) in [6.45, 7) is 3.33. The molecule has 3 aromatic rings. The van der Waals surface area contributed by atoms with Crippen molar-refractivity contribution in [2.75, 3.05) is 18.8 Å². The molecule has 7 heteroatoms. The number of ether oxygens (including phenoxy) is 1. The van der Waals surface area contributed by atoms with Crippen molar-refractivity contribution in [3.63, 3.8) is 0 Å². The standard InChI is InChI=1S/C22H23N5O2/c1-15-2-5-18(6-3-15)29-21-20(24-10-11-25-21)16-8-12-27(13-9-16)22(28)17-4-7-19(23)26-14-17/h2-7,10-11,14,16H,8-9,12-13H2,1H3,(H2,23,26). The summed E-state index contributed by atoms with van der Waals surface area (Å²) in [5, 5.41) is 0. The van der Waals surface area contributed by atoms with E-state index in [4.69, 9.17) is 10.5 Å². The molecule has 3 heterocycles. The van der Waals surface area contributed by atoms with Crippen LogP contribution >= 0.6 is 0 Å². The smallest absolute Gasteiger partial charge is 0.255 e. The molecular formula is C22H23N5O2. The van der Waals surface area contributed by atoms with E-state index in [1.54, 1.807) is 24.5 Å². The molecule has 1 aliphatic heterocycles. The number of aryl methyl sites for hydroxylation is 1. The topological polar surface area (TPSA) is 94.2 Å². The molecule has 1 amide bonds. The normalized spacial score (nSPS) is 14.6. The van der Waals surface area contributed by atoms with Gasteiger partial charge in [0, 0.05) is 37.6 Å². The summed E-state index contributed by atoms with van der Waals surface area (Å²) in [5.41, 5.74) is 8.17. The SMILES string of the molecule is Cc1ccc(Oc2nccnc2C2CCN(C(=O)c3ccc(N)nc3)CC2)cc1. The predicted octanol–water partition coefficient (Wildman–Crippen LogP) is 3.57. The van der Waals surface area contributed by atoms with Gasteiger partial charge in [0.2, 0.25) is 5.88 Å². The summed E-state index contributed by atoms with van der Waals surface area (Å²) in [5.74, 6) is 1.85. The lowest BCUT2D eigenvalue weighted by Gasteiger charge is -2.32. The molecule has 0 radical (unpaired) electrons. The van der Waals surface area contributed by atoms with E-state index in [0.29, 0.717) is 30.4 Å². The van der Waals surface area contributed by atoms with Crippen molar-refractivity contribution in [2.24, 2.45) is 0 Å². The van der Waals surface area contributed by atoms with Gasteiger partial charge in [-0.2, -0.15) is 0 Å². The number of pyridine rings is 1. The molecule has 4 rings (SSSR count). The van der Waals surface area contributed by atoms with Crippen LogP contribution < -0.4 is 10.5 Å². The Labute approximate surface area is 169 Å². The van der Waals surface area contributed by atoms with Crippen molar-refractivity contribution in [1.29, 1.82) is 0 Å². The van der Waals surface area contributed by atoms with Crippen LogP contribution in [0.5, 0.6) is 11.6 Å². The maximum Gasteiger partial charge on any atom is 0.255 e. The molecule has 0 spiro atoms. The van der Waals surface area contributed by atoms with Crippen molar-refractivity contribution in [3.05, 3.63) is 71.8 Å². The van der Waals surface area contributed by atoms with Crippen LogP contribution in [0.25, 0.3) is 0 Å². The Bertz CT molecular complexity index is 981. The van der Waals surface area contributed by atoms with Gasteiger partial charge in [0.05, 0.1) is 5.56 Å². The number of nitrogens with two attached hydrogens (primary N) is 1. The molecule has 0 atom stereocenters. The first-order chi connectivity index (χ1) is 14.1. The highest BCUT2D eigenvalue weighted by atomic mass is 16.5. The number of benzene rings is 1. The third-order valence-corrected chi connectivity index (χ3v) is 5.13. The number of carbonyl (C=O) groups is 1. The summed E-state index contributed by atoms with van der Waals surface area (Å²) >= 11 is 0. The van der Waals surface area contributed by atoms with Crippen molar-refractivity contribution in [2.45, 2.75) is 25.7 Å². The van der Waals surface area contributed by atoms with E-state index < -0.39 is 0 Å². The lowest BCUT2D eigenvalue weighted by molar-refractivity contribution is 0.0711. The number of aromatic nitrogens is 3. The molecular weight excluding hydrogens is 366 g/mol. The first kappa shape index (κ1) is 18.9.